The summed E-state index contributed by atoms with van der Waals surface area (Å²) in [5.74, 6) is -1.09. The lowest BCUT2D eigenvalue weighted by molar-refractivity contribution is -0.0498. The van der Waals surface area contributed by atoms with Gasteiger partial charge < -0.3 is 15.4 Å². The normalized spacial score (nSPS) is 10.6. The summed E-state index contributed by atoms with van der Waals surface area (Å²) < 4.78 is 30.0. The van der Waals surface area contributed by atoms with Gasteiger partial charge in [-0.3, -0.25) is 9.59 Å². The second kappa shape index (κ2) is 9.69. The fourth-order valence-corrected chi connectivity index (χ4v) is 3.46. The molecule has 0 aliphatic rings. The number of rotatable bonds is 6. The largest absolute Gasteiger partial charge is 0.431 e. The maximum atomic E-state index is 12.7. The Hall–Kier alpha value is -2.97. The van der Waals surface area contributed by atoms with Crippen molar-refractivity contribution in [2.75, 3.05) is 10.6 Å². The standard InChI is InChI=1S/C21H14BrClF2N2O3/c22-16-10-14(23)11-17(18(16)30-21(24)25)27-20(29)13-6-8-15(9-7-13)26-19(28)12-4-2-1-3-5-12/h1-11,21H,(H,26,28)(H,27,29). The van der Waals surface area contributed by atoms with Crippen LogP contribution in [0.4, 0.5) is 20.2 Å². The second-order valence-corrected chi connectivity index (χ2v) is 7.29. The van der Waals surface area contributed by atoms with E-state index in [2.05, 4.69) is 31.3 Å². The topological polar surface area (TPSA) is 67.4 Å². The molecule has 3 aromatic rings. The third-order valence-corrected chi connectivity index (χ3v) is 4.71. The summed E-state index contributed by atoms with van der Waals surface area (Å²) >= 11 is 9.03. The SMILES string of the molecule is O=C(Nc1ccc(C(=O)Nc2cc(Cl)cc(Br)c2OC(F)F)cc1)c1ccccc1. The van der Waals surface area contributed by atoms with Crippen molar-refractivity contribution < 1.29 is 23.1 Å². The van der Waals surface area contributed by atoms with E-state index < -0.39 is 12.5 Å². The van der Waals surface area contributed by atoms with E-state index in [0.29, 0.717) is 11.3 Å². The van der Waals surface area contributed by atoms with Crippen LogP contribution in [0.25, 0.3) is 0 Å². The molecule has 0 saturated carbocycles. The van der Waals surface area contributed by atoms with Crippen molar-refractivity contribution >= 4 is 50.7 Å². The Morgan fingerprint density at radius 3 is 2.13 bits per heavy atom. The van der Waals surface area contributed by atoms with Crippen molar-refractivity contribution in [1.29, 1.82) is 0 Å². The Kier molecular flexibility index (Phi) is 7.02. The molecule has 0 aliphatic carbocycles. The van der Waals surface area contributed by atoms with Crippen LogP contribution in [0.1, 0.15) is 20.7 Å². The molecule has 0 aliphatic heterocycles. The van der Waals surface area contributed by atoms with Crippen LogP contribution in [-0.2, 0) is 0 Å². The molecule has 9 heteroatoms. The van der Waals surface area contributed by atoms with Gasteiger partial charge in [0, 0.05) is 21.8 Å². The van der Waals surface area contributed by atoms with Crippen LogP contribution < -0.4 is 15.4 Å². The minimum atomic E-state index is -3.08. The number of nitrogens with one attached hydrogen (secondary N) is 2. The molecule has 0 fully saturated rings. The van der Waals surface area contributed by atoms with Gasteiger partial charge in [-0.2, -0.15) is 8.78 Å². The molecular formula is C21H14BrClF2N2O3. The summed E-state index contributed by atoms with van der Waals surface area (Å²) in [5, 5.41) is 5.44. The van der Waals surface area contributed by atoms with Crippen LogP contribution in [-0.4, -0.2) is 18.4 Å². The number of carbonyl (C=O) groups is 2. The van der Waals surface area contributed by atoms with E-state index in [1.54, 1.807) is 42.5 Å². The Morgan fingerprint density at radius 2 is 1.50 bits per heavy atom. The van der Waals surface area contributed by atoms with E-state index in [-0.39, 0.29) is 32.4 Å². The number of hydrogen-bond acceptors (Lipinski definition) is 3. The van der Waals surface area contributed by atoms with Crippen LogP contribution in [0.3, 0.4) is 0 Å². The molecule has 0 heterocycles. The van der Waals surface area contributed by atoms with Crippen LogP contribution >= 0.6 is 27.5 Å². The van der Waals surface area contributed by atoms with Crippen LogP contribution in [0.15, 0.2) is 71.2 Å². The Balaban J connectivity index is 1.73. The van der Waals surface area contributed by atoms with E-state index >= 15 is 0 Å². The molecule has 0 radical (unpaired) electrons. The number of carbonyl (C=O) groups excluding carboxylic acids is 2. The lowest BCUT2D eigenvalue weighted by atomic mass is 10.1. The first-order valence-corrected chi connectivity index (χ1v) is 9.72. The van der Waals surface area contributed by atoms with Gasteiger partial charge in [0.1, 0.15) is 0 Å². The second-order valence-electron chi connectivity index (χ2n) is 5.99. The molecule has 0 spiro atoms. The number of anilines is 2. The van der Waals surface area contributed by atoms with E-state index in [4.69, 9.17) is 11.6 Å². The van der Waals surface area contributed by atoms with Crippen molar-refractivity contribution in [3.8, 4) is 5.75 Å². The molecule has 3 rings (SSSR count). The van der Waals surface area contributed by atoms with Crippen LogP contribution in [0.5, 0.6) is 5.75 Å². The molecule has 2 N–H and O–H groups in total. The van der Waals surface area contributed by atoms with E-state index in [1.807, 2.05) is 0 Å². The predicted molar refractivity (Wildman–Crippen MR) is 115 cm³/mol. The molecule has 30 heavy (non-hydrogen) atoms. The summed E-state index contributed by atoms with van der Waals surface area (Å²) in [6.07, 6.45) is 0. The Bertz CT molecular complexity index is 1060. The zero-order valence-electron chi connectivity index (χ0n) is 15.2. The van der Waals surface area contributed by atoms with Gasteiger partial charge >= 0.3 is 6.61 Å². The molecule has 0 aromatic heterocycles. The monoisotopic (exact) mass is 494 g/mol. The van der Waals surface area contributed by atoms with Gasteiger partial charge in [-0.1, -0.05) is 29.8 Å². The van der Waals surface area contributed by atoms with Crippen molar-refractivity contribution in [3.05, 3.63) is 87.4 Å². The third kappa shape index (κ3) is 5.55. The minimum Gasteiger partial charge on any atom is -0.431 e. The molecule has 0 unspecified atom stereocenters. The van der Waals surface area contributed by atoms with E-state index in [9.17, 15) is 18.4 Å². The highest BCUT2D eigenvalue weighted by Crippen LogP contribution is 2.37. The van der Waals surface area contributed by atoms with Crippen molar-refractivity contribution in [2.45, 2.75) is 6.61 Å². The van der Waals surface area contributed by atoms with E-state index in [1.165, 1.54) is 24.3 Å². The summed E-state index contributed by atoms with van der Waals surface area (Å²) in [4.78, 5) is 24.7. The molecule has 2 amide bonds. The maximum Gasteiger partial charge on any atom is 0.387 e. The number of ether oxygens (including phenoxy) is 1. The van der Waals surface area contributed by atoms with Gasteiger partial charge in [0.25, 0.3) is 11.8 Å². The van der Waals surface area contributed by atoms with Crippen LogP contribution in [0.2, 0.25) is 5.02 Å². The molecule has 5 nitrogen and oxygen atoms in total. The first kappa shape index (κ1) is 21.7. The lowest BCUT2D eigenvalue weighted by Crippen LogP contribution is -2.15. The fourth-order valence-electron chi connectivity index (χ4n) is 2.55. The zero-order valence-corrected chi connectivity index (χ0v) is 17.5. The first-order valence-electron chi connectivity index (χ1n) is 8.55. The van der Waals surface area contributed by atoms with Gasteiger partial charge in [-0.05, 0) is 64.5 Å². The molecule has 154 valence electrons. The Morgan fingerprint density at radius 1 is 0.900 bits per heavy atom. The highest BCUT2D eigenvalue weighted by Gasteiger charge is 2.17. The number of amides is 2. The smallest absolute Gasteiger partial charge is 0.387 e. The quantitative estimate of drug-likeness (QED) is 0.427. The van der Waals surface area contributed by atoms with Gasteiger partial charge in [0.05, 0.1) is 10.2 Å². The average molecular weight is 496 g/mol. The van der Waals surface area contributed by atoms with Crippen molar-refractivity contribution in [3.63, 3.8) is 0 Å². The minimum absolute atomic E-state index is 0.0128. The maximum absolute atomic E-state index is 12.7. The number of benzene rings is 3. The predicted octanol–water partition coefficient (Wildman–Crippen LogP) is 6.21. The molecule has 0 atom stereocenters. The summed E-state index contributed by atoms with van der Waals surface area (Å²) in [6.45, 7) is -3.08. The highest BCUT2D eigenvalue weighted by molar-refractivity contribution is 9.10. The van der Waals surface area contributed by atoms with E-state index in [0.717, 1.165) is 0 Å². The van der Waals surface area contributed by atoms with Gasteiger partial charge in [0.2, 0.25) is 0 Å². The molecule has 0 bridgehead atoms. The summed E-state index contributed by atoms with van der Waals surface area (Å²) in [6, 6.07) is 17.4. The highest BCUT2D eigenvalue weighted by atomic mass is 79.9. The number of hydrogen-bond donors (Lipinski definition) is 2. The summed E-state index contributed by atoms with van der Waals surface area (Å²) in [7, 11) is 0. The molecular weight excluding hydrogens is 482 g/mol. The first-order chi connectivity index (χ1) is 14.3. The van der Waals surface area contributed by atoms with Crippen LogP contribution in [0, 0.1) is 0 Å². The lowest BCUT2D eigenvalue weighted by Gasteiger charge is -2.14. The van der Waals surface area contributed by atoms with Gasteiger partial charge in [-0.25, -0.2) is 0 Å². The molecule has 3 aromatic carbocycles. The number of alkyl halides is 2. The number of halogens is 4. The summed E-state index contributed by atoms with van der Waals surface area (Å²) in [5.41, 5.74) is 1.22. The fraction of sp³-hybridized carbons (Fsp3) is 0.0476. The molecule has 0 saturated heterocycles. The van der Waals surface area contributed by atoms with Gasteiger partial charge in [-0.15, -0.1) is 0 Å². The van der Waals surface area contributed by atoms with Crippen molar-refractivity contribution in [1.82, 2.24) is 0 Å². The zero-order chi connectivity index (χ0) is 21.7. The average Bonchev–Trinajstić information content (AvgIpc) is 2.71. The van der Waals surface area contributed by atoms with Crippen molar-refractivity contribution in [2.24, 2.45) is 0 Å². The van der Waals surface area contributed by atoms with Gasteiger partial charge in [0.15, 0.2) is 5.75 Å². The third-order valence-electron chi connectivity index (χ3n) is 3.90. The Labute approximate surface area is 184 Å².